The van der Waals surface area contributed by atoms with Crippen molar-refractivity contribution in [2.75, 3.05) is 32.1 Å². The molecule has 0 aliphatic heterocycles. The largest absolute Gasteiger partial charge is 0.379 e. The number of aromatic nitrogens is 2. The SMILES string of the molecule is COCC[NH+](CC(=O)Nc1cc(C)cc(C)c1)Cc1nc2ccccc2c(=O)[nH]1. The molecule has 3 rings (SSSR count). The van der Waals surface area contributed by atoms with Crippen LogP contribution < -0.4 is 15.8 Å². The van der Waals surface area contributed by atoms with Crippen molar-refractivity contribution in [2.24, 2.45) is 0 Å². The first-order valence-corrected chi connectivity index (χ1v) is 9.63. The van der Waals surface area contributed by atoms with Crippen LogP contribution in [0.1, 0.15) is 17.0 Å². The topological polar surface area (TPSA) is 88.5 Å². The zero-order valence-corrected chi connectivity index (χ0v) is 17.0. The molecule has 7 nitrogen and oxygen atoms in total. The van der Waals surface area contributed by atoms with Crippen LogP contribution >= 0.6 is 0 Å². The van der Waals surface area contributed by atoms with E-state index in [4.69, 9.17) is 4.74 Å². The predicted molar refractivity (Wildman–Crippen MR) is 113 cm³/mol. The van der Waals surface area contributed by atoms with Crippen molar-refractivity contribution in [3.8, 4) is 0 Å². The number of anilines is 1. The summed E-state index contributed by atoms with van der Waals surface area (Å²) in [5.41, 5.74) is 3.47. The smallest absolute Gasteiger partial charge is 0.279 e. The molecule has 7 heteroatoms. The molecule has 0 aliphatic rings. The number of hydrogen-bond donors (Lipinski definition) is 3. The average Bonchev–Trinajstić information content (AvgIpc) is 2.65. The van der Waals surface area contributed by atoms with Gasteiger partial charge in [0.2, 0.25) is 0 Å². The van der Waals surface area contributed by atoms with Crippen molar-refractivity contribution in [1.29, 1.82) is 0 Å². The molecule has 0 saturated carbocycles. The molecule has 1 heterocycles. The number of carbonyl (C=O) groups excluding carboxylic acids is 1. The summed E-state index contributed by atoms with van der Waals surface area (Å²) in [6, 6.07) is 13.2. The number of ether oxygens (including phenoxy) is 1. The molecular formula is C22H27N4O3+. The van der Waals surface area contributed by atoms with E-state index < -0.39 is 0 Å². The van der Waals surface area contributed by atoms with Gasteiger partial charge in [0.05, 0.1) is 17.5 Å². The number of aryl methyl sites for hydroxylation is 2. The van der Waals surface area contributed by atoms with Crippen molar-refractivity contribution >= 4 is 22.5 Å². The Morgan fingerprint density at radius 3 is 2.62 bits per heavy atom. The van der Waals surface area contributed by atoms with E-state index in [1.165, 1.54) is 0 Å². The first kappa shape index (κ1) is 20.7. The van der Waals surface area contributed by atoms with Crippen LogP contribution in [0, 0.1) is 13.8 Å². The molecule has 1 aromatic heterocycles. The summed E-state index contributed by atoms with van der Waals surface area (Å²) in [7, 11) is 1.63. The number of benzene rings is 2. The highest BCUT2D eigenvalue weighted by Gasteiger charge is 2.17. The standard InChI is InChI=1S/C22H26N4O3/c1-15-10-16(2)12-17(11-15)23-21(27)14-26(8-9-29-3)13-20-24-19-7-5-4-6-18(19)22(28)25-20/h4-7,10-12H,8-9,13-14H2,1-3H3,(H,23,27)(H,24,25,28)/p+1. The number of fused-ring (bicyclic) bond motifs is 1. The molecule has 0 spiro atoms. The second-order valence-electron chi connectivity index (χ2n) is 7.30. The Kier molecular flexibility index (Phi) is 6.74. The van der Waals surface area contributed by atoms with E-state index in [0.717, 1.165) is 21.7 Å². The minimum absolute atomic E-state index is 0.0933. The van der Waals surface area contributed by atoms with Crippen LogP contribution in [-0.4, -0.2) is 42.7 Å². The first-order chi connectivity index (χ1) is 13.9. The molecule has 0 fully saturated rings. The minimum Gasteiger partial charge on any atom is -0.379 e. The van der Waals surface area contributed by atoms with Crippen molar-refractivity contribution in [3.63, 3.8) is 0 Å². The van der Waals surface area contributed by atoms with E-state index in [-0.39, 0.29) is 18.0 Å². The lowest BCUT2D eigenvalue weighted by Crippen LogP contribution is -3.12. The number of para-hydroxylation sites is 1. The Balaban J connectivity index is 1.73. The molecule has 1 amide bonds. The fourth-order valence-corrected chi connectivity index (χ4v) is 3.42. The normalized spacial score (nSPS) is 12.1. The van der Waals surface area contributed by atoms with Gasteiger partial charge in [-0.05, 0) is 49.2 Å². The van der Waals surface area contributed by atoms with Crippen molar-refractivity contribution < 1.29 is 14.4 Å². The Bertz CT molecular complexity index is 1040. The number of nitrogens with zero attached hydrogens (tertiary/aromatic N) is 1. The van der Waals surface area contributed by atoms with Crippen LogP contribution in [0.4, 0.5) is 5.69 Å². The molecule has 152 valence electrons. The zero-order valence-electron chi connectivity index (χ0n) is 17.0. The van der Waals surface area contributed by atoms with E-state index in [2.05, 4.69) is 21.4 Å². The van der Waals surface area contributed by atoms with Crippen molar-refractivity contribution in [3.05, 3.63) is 69.8 Å². The molecule has 29 heavy (non-hydrogen) atoms. The van der Waals surface area contributed by atoms with Crippen molar-refractivity contribution in [2.45, 2.75) is 20.4 Å². The lowest BCUT2D eigenvalue weighted by molar-refractivity contribution is -0.906. The molecule has 0 bridgehead atoms. The zero-order chi connectivity index (χ0) is 20.8. The fraction of sp³-hybridized carbons (Fsp3) is 0.318. The molecule has 3 aromatic rings. The third-order valence-electron chi connectivity index (χ3n) is 4.66. The van der Waals surface area contributed by atoms with Crippen LogP contribution in [-0.2, 0) is 16.1 Å². The molecule has 3 N–H and O–H groups in total. The van der Waals surface area contributed by atoms with Gasteiger partial charge in [-0.2, -0.15) is 0 Å². The van der Waals surface area contributed by atoms with Gasteiger partial charge in [0.25, 0.3) is 11.5 Å². The summed E-state index contributed by atoms with van der Waals surface area (Å²) >= 11 is 0. The molecule has 1 atom stereocenters. The Hall–Kier alpha value is -3.03. The fourth-order valence-electron chi connectivity index (χ4n) is 3.42. The summed E-state index contributed by atoms with van der Waals surface area (Å²) in [6.07, 6.45) is 0. The van der Waals surface area contributed by atoms with Crippen LogP contribution in [0.2, 0.25) is 0 Å². The van der Waals surface area contributed by atoms with Gasteiger partial charge in [0, 0.05) is 12.8 Å². The molecule has 1 unspecified atom stereocenters. The first-order valence-electron chi connectivity index (χ1n) is 9.63. The highest BCUT2D eigenvalue weighted by atomic mass is 16.5. The number of aromatic amines is 1. The third-order valence-corrected chi connectivity index (χ3v) is 4.66. The summed E-state index contributed by atoms with van der Waals surface area (Å²) in [5, 5.41) is 3.52. The predicted octanol–water partition coefficient (Wildman–Crippen LogP) is 1.21. The number of quaternary nitrogens is 1. The maximum atomic E-state index is 12.6. The lowest BCUT2D eigenvalue weighted by atomic mass is 10.1. The van der Waals surface area contributed by atoms with E-state index in [1.54, 1.807) is 13.2 Å². The van der Waals surface area contributed by atoms with E-state index in [9.17, 15) is 9.59 Å². The number of methoxy groups -OCH3 is 1. The van der Waals surface area contributed by atoms with Crippen LogP contribution in [0.15, 0.2) is 47.3 Å². The molecule has 0 radical (unpaired) electrons. The summed E-state index contributed by atoms with van der Waals surface area (Å²) in [4.78, 5) is 33.3. The Morgan fingerprint density at radius 1 is 1.17 bits per heavy atom. The third kappa shape index (κ3) is 5.73. The number of H-pyrrole nitrogens is 1. The Labute approximate surface area is 169 Å². The number of hydrogen-bond acceptors (Lipinski definition) is 4. The van der Waals surface area contributed by atoms with Gasteiger partial charge in [0.15, 0.2) is 12.4 Å². The second-order valence-corrected chi connectivity index (χ2v) is 7.30. The molecule has 2 aromatic carbocycles. The van der Waals surface area contributed by atoms with E-state index in [0.29, 0.717) is 36.4 Å². The highest BCUT2D eigenvalue weighted by molar-refractivity contribution is 5.91. The van der Waals surface area contributed by atoms with Crippen molar-refractivity contribution in [1.82, 2.24) is 9.97 Å². The second kappa shape index (κ2) is 9.45. The van der Waals surface area contributed by atoms with E-state index >= 15 is 0 Å². The molecule has 0 saturated heterocycles. The summed E-state index contributed by atoms with van der Waals surface area (Å²) in [5.74, 6) is 0.461. The van der Waals surface area contributed by atoms with E-state index in [1.807, 2.05) is 44.2 Å². The Morgan fingerprint density at radius 2 is 1.90 bits per heavy atom. The number of rotatable bonds is 8. The summed E-state index contributed by atoms with van der Waals surface area (Å²) < 4.78 is 5.19. The van der Waals surface area contributed by atoms with Gasteiger partial charge < -0.3 is 19.9 Å². The molecular weight excluding hydrogens is 368 g/mol. The quantitative estimate of drug-likeness (QED) is 0.535. The monoisotopic (exact) mass is 395 g/mol. The average molecular weight is 395 g/mol. The number of carbonyl (C=O) groups is 1. The maximum absolute atomic E-state index is 12.6. The number of nitrogens with one attached hydrogen (secondary N) is 3. The van der Waals surface area contributed by atoms with Gasteiger partial charge in [-0.1, -0.05) is 18.2 Å². The maximum Gasteiger partial charge on any atom is 0.279 e. The minimum atomic E-state index is -0.170. The van der Waals surface area contributed by atoms with Gasteiger partial charge in [0.1, 0.15) is 13.1 Å². The molecule has 0 aliphatic carbocycles. The van der Waals surface area contributed by atoms with Gasteiger partial charge in [-0.15, -0.1) is 0 Å². The lowest BCUT2D eigenvalue weighted by Gasteiger charge is -2.18. The van der Waals surface area contributed by atoms with Gasteiger partial charge in [-0.25, -0.2) is 4.98 Å². The summed E-state index contributed by atoms with van der Waals surface area (Å²) in [6.45, 7) is 5.79. The van der Waals surface area contributed by atoms with Gasteiger partial charge >= 0.3 is 0 Å². The van der Waals surface area contributed by atoms with Crippen LogP contribution in [0.5, 0.6) is 0 Å². The van der Waals surface area contributed by atoms with Crippen LogP contribution in [0.25, 0.3) is 10.9 Å². The highest BCUT2D eigenvalue weighted by Crippen LogP contribution is 2.13. The van der Waals surface area contributed by atoms with Crippen LogP contribution in [0.3, 0.4) is 0 Å². The number of amides is 1. The van der Waals surface area contributed by atoms with Gasteiger partial charge in [-0.3, -0.25) is 9.59 Å².